The zero-order valence-corrected chi connectivity index (χ0v) is 20.0. The molecule has 0 heterocycles. The molecule has 0 atom stereocenters. The second-order valence-corrected chi connectivity index (χ2v) is 7.22. The smallest absolute Gasteiger partial charge is 0.0771 e. The van der Waals surface area contributed by atoms with Crippen LogP contribution in [0.5, 0.6) is 0 Å². The Morgan fingerprint density at radius 3 is 1.79 bits per heavy atom. The van der Waals surface area contributed by atoms with Crippen LogP contribution in [0.1, 0.15) is 12.0 Å². The first-order chi connectivity index (χ1) is 13.4. The Morgan fingerprint density at radius 1 is 0.793 bits per heavy atom. The molecule has 4 aromatic rings. The molecule has 0 radical (unpaired) electrons. The summed E-state index contributed by atoms with van der Waals surface area (Å²) < 4.78 is 2.25. The average Bonchev–Trinajstić information content (AvgIpc) is 3.41. The number of hydrogen-bond donors (Lipinski definition) is 0. The minimum atomic E-state index is 0. The van der Waals surface area contributed by atoms with Gasteiger partial charge in [0.15, 0.2) is 0 Å². The maximum absolute atomic E-state index is 2.99. The van der Waals surface area contributed by atoms with E-state index in [9.17, 15) is 0 Å². The summed E-state index contributed by atoms with van der Waals surface area (Å²) in [5.41, 5.74) is 1.41. The zero-order chi connectivity index (χ0) is 18.7. The molecule has 0 unspecified atom stereocenters. The van der Waals surface area contributed by atoms with Crippen LogP contribution in [0.25, 0.3) is 21.5 Å². The molecule has 146 valence electrons. The molecule has 0 N–H and O–H groups in total. The van der Waals surface area contributed by atoms with Crippen LogP contribution < -0.4 is 24.8 Å². The minimum absolute atomic E-state index is 0. The molecular weight excluding hydrogens is 474 g/mol. The molecule has 29 heavy (non-hydrogen) atoms. The minimum Gasteiger partial charge on any atom is -0.126 e. The topological polar surface area (TPSA) is 0 Å². The third-order valence-corrected chi connectivity index (χ3v) is 4.79. The van der Waals surface area contributed by atoms with Crippen LogP contribution in [0, 0.1) is 6.08 Å². The monoisotopic (exact) mass is 494 g/mol. The summed E-state index contributed by atoms with van der Waals surface area (Å²) in [4.78, 5) is 0. The van der Waals surface area contributed by atoms with Gasteiger partial charge in [0.1, 0.15) is 0 Å². The first-order valence-corrected chi connectivity index (χ1v) is 10.6. The molecule has 0 spiro atoms. The van der Waals surface area contributed by atoms with Crippen molar-refractivity contribution in [2.75, 3.05) is 0 Å². The number of halogens is 2. The van der Waals surface area contributed by atoms with E-state index in [2.05, 4.69) is 94.7 Å². The van der Waals surface area contributed by atoms with Crippen LogP contribution in [-0.2, 0) is 30.7 Å². The van der Waals surface area contributed by atoms with E-state index >= 15 is 0 Å². The predicted octanol–water partition coefficient (Wildman–Crippen LogP) is 0.604. The standard InChI is InChI=1S/C13H9.C8H8.C5H5.2ClH.Zr/c1-3-7-12-10(5-1)9-11-6-2-4-8-13(11)12;1-2-8-6-4-3-5-7-8;1-2-4-5-3-1;;;/h1-9H;1,3-7H,2H2;1-3H,4H2;2*1H;/q-1;;-1;;;+2/p-2. The van der Waals surface area contributed by atoms with Crippen molar-refractivity contribution >= 4 is 25.3 Å². The van der Waals surface area contributed by atoms with E-state index in [1.165, 1.54) is 51.3 Å². The van der Waals surface area contributed by atoms with Crippen molar-refractivity contribution in [1.29, 1.82) is 0 Å². The quantitative estimate of drug-likeness (QED) is 0.357. The molecule has 4 aromatic carbocycles. The summed E-state index contributed by atoms with van der Waals surface area (Å²) in [6, 6.07) is 29.8. The number of allylic oxidation sites excluding steroid dienone is 4. The normalized spacial score (nSPS) is 10.8. The largest absolute Gasteiger partial charge is 0.126 e. The molecule has 0 bridgehead atoms. The molecule has 0 nitrogen and oxygen atoms in total. The van der Waals surface area contributed by atoms with Gasteiger partial charge in [0.2, 0.25) is 0 Å². The van der Waals surface area contributed by atoms with Crippen LogP contribution in [0.2, 0.25) is 0 Å². The van der Waals surface area contributed by atoms with Gasteiger partial charge < -0.3 is 24.8 Å². The first-order valence-electron chi connectivity index (χ1n) is 9.16. The van der Waals surface area contributed by atoms with Crippen LogP contribution >= 0.6 is 0 Å². The molecule has 0 fully saturated rings. The number of fused-ring (bicyclic) bond motifs is 3. The molecule has 0 saturated carbocycles. The SMILES string of the molecule is [C-]1=CC=CC1.[Cl-].[Cl-].[Zr+2]=[CH]Cc1ccccc1.c1ccc2c(c1)[cH-]c1ccccc12. The van der Waals surface area contributed by atoms with Crippen LogP contribution in [-0.4, -0.2) is 3.71 Å². The maximum atomic E-state index is 2.99. The van der Waals surface area contributed by atoms with Crippen molar-refractivity contribution in [3.63, 3.8) is 0 Å². The van der Waals surface area contributed by atoms with Crippen molar-refractivity contribution in [2.24, 2.45) is 0 Å². The van der Waals surface area contributed by atoms with Crippen molar-refractivity contribution < 1.29 is 49.0 Å². The number of benzene rings is 3. The second-order valence-electron chi connectivity index (χ2n) is 6.22. The van der Waals surface area contributed by atoms with Crippen molar-refractivity contribution in [3.05, 3.63) is 115 Å². The predicted molar refractivity (Wildman–Crippen MR) is 115 cm³/mol. The Morgan fingerprint density at radius 2 is 1.34 bits per heavy atom. The van der Waals surface area contributed by atoms with Gasteiger partial charge in [-0.05, 0) is 0 Å². The first kappa shape index (κ1) is 25.4. The molecule has 0 saturated heterocycles. The van der Waals surface area contributed by atoms with Gasteiger partial charge in [0.05, 0.1) is 0 Å². The Bertz CT molecular complexity index is 986. The summed E-state index contributed by atoms with van der Waals surface area (Å²) in [7, 11) is 0. The number of rotatable bonds is 2. The Kier molecular flexibility index (Phi) is 12.6. The third kappa shape index (κ3) is 7.94. The molecule has 1 aliphatic carbocycles. The van der Waals surface area contributed by atoms with Gasteiger partial charge in [-0.3, -0.25) is 6.08 Å². The Balaban J connectivity index is 0.000000231. The molecule has 5 rings (SSSR count). The van der Waals surface area contributed by atoms with Gasteiger partial charge >= 0.3 is 70.3 Å². The summed E-state index contributed by atoms with van der Waals surface area (Å²) in [5, 5.41) is 5.39. The fraction of sp³-hybridized carbons (Fsp3) is 0.0769. The molecule has 0 aromatic heterocycles. The summed E-state index contributed by atoms with van der Waals surface area (Å²) in [6.07, 6.45) is 11.1. The van der Waals surface area contributed by atoms with Gasteiger partial charge in [-0.25, -0.2) is 12.2 Å². The fourth-order valence-corrected chi connectivity index (χ4v) is 3.56. The molecule has 1 aliphatic rings. The van der Waals surface area contributed by atoms with Gasteiger partial charge in [0.25, 0.3) is 0 Å². The van der Waals surface area contributed by atoms with Crippen LogP contribution in [0.3, 0.4) is 0 Å². The van der Waals surface area contributed by atoms with E-state index in [-0.39, 0.29) is 24.8 Å². The van der Waals surface area contributed by atoms with E-state index in [4.69, 9.17) is 0 Å². The van der Waals surface area contributed by atoms with Crippen LogP contribution in [0.15, 0.2) is 103 Å². The molecule has 0 aliphatic heterocycles. The van der Waals surface area contributed by atoms with Crippen molar-refractivity contribution in [3.8, 4) is 0 Å². The average molecular weight is 497 g/mol. The Hall–Kier alpha value is -1.66. The fourth-order valence-electron chi connectivity index (χ4n) is 2.98. The summed E-state index contributed by atoms with van der Waals surface area (Å²) in [5.74, 6) is 0. The van der Waals surface area contributed by atoms with Gasteiger partial charge in [0, 0.05) is 0 Å². The second kappa shape index (κ2) is 14.3. The van der Waals surface area contributed by atoms with E-state index in [1.54, 1.807) is 0 Å². The zero-order valence-electron chi connectivity index (χ0n) is 16.1. The van der Waals surface area contributed by atoms with E-state index in [1.807, 2.05) is 18.2 Å². The Labute approximate surface area is 200 Å². The summed E-state index contributed by atoms with van der Waals surface area (Å²) >= 11 is 1.51. The molecule has 0 amide bonds. The molecule has 3 heteroatoms. The van der Waals surface area contributed by atoms with E-state index in [0.717, 1.165) is 12.8 Å². The van der Waals surface area contributed by atoms with E-state index in [0.29, 0.717) is 0 Å². The van der Waals surface area contributed by atoms with E-state index < -0.39 is 0 Å². The van der Waals surface area contributed by atoms with Crippen molar-refractivity contribution in [1.82, 2.24) is 0 Å². The third-order valence-electron chi connectivity index (χ3n) is 4.29. The van der Waals surface area contributed by atoms with Gasteiger partial charge in [-0.15, -0.1) is 46.2 Å². The summed E-state index contributed by atoms with van der Waals surface area (Å²) in [6.45, 7) is 0. The van der Waals surface area contributed by atoms with Gasteiger partial charge in [-0.1, -0.05) is 36.4 Å². The van der Waals surface area contributed by atoms with Crippen molar-refractivity contribution in [2.45, 2.75) is 12.8 Å². The van der Waals surface area contributed by atoms with Crippen LogP contribution in [0.4, 0.5) is 0 Å². The maximum Gasteiger partial charge on any atom is -0.0771 e. The van der Waals surface area contributed by atoms with Gasteiger partial charge in [-0.2, -0.15) is 6.08 Å². The number of hydrogen-bond acceptors (Lipinski definition) is 0. The molecular formula is C26H22Cl2Zr-2.